The van der Waals surface area contributed by atoms with Gasteiger partial charge in [0, 0.05) is 6.07 Å². The van der Waals surface area contributed by atoms with Gasteiger partial charge in [0.15, 0.2) is 5.82 Å². The Balaban J connectivity index is 2.24. The van der Waals surface area contributed by atoms with Gasteiger partial charge in [0.1, 0.15) is 9.90 Å². The molecule has 11 heteroatoms. The Hall–Kier alpha value is -1.26. The van der Waals surface area contributed by atoms with Crippen molar-refractivity contribution in [1.82, 2.24) is 10.2 Å². The van der Waals surface area contributed by atoms with E-state index in [1.54, 1.807) is 5.10 Å². The molecule has 2 aromatic rings. The largest absolute Gasteiger partial charge is 0.432 e. The van der Waals surface area contributed by atoms with E-state index in [4.69, 9.17) is 11.6 Å². The Labute approximate surface area is 114 Å². The SMILES string of the molecule is O=S(=O)(Nc1cc(C(F)(F)F)[nH]n1)c1ccc(Cl)s1. The lowest BCUT2D eigenvalue weighted by Gasteiger charge is -2.02. The first-order chi connectivity index (χ1) is 8.68. The number of anilines is 1. The van der Waals surface area contributed by atoms with Crippen molar-refractivity contribution in [2.75, 3.05) is 4.72 Å². The summed E-state index contributed by atoms with van der Waals surface area (Å²) < 4.78 is 62.5. The summed E-state index contributed by atoms with van der Waals surface area (Å²) in [5.41, 5.74) is -1.14. The maximum atomic E-state index is 12.3. The highest BCUT2D eigenvalue weighted by molar-refractivity contribution is 7.94. The molecule has 2 N–H and O–H groups in total. The van der Waals surface area contributed by atoms with Crippen LogP contribution < -0.4 is 4.72 Å². The van der Waals surface area contributed by atoms with E-state index in [0.717, 1.165) is 11.3 Å². The summed E-state index contributed by atoms with van der Waals surface area (Å²) in [6.45, 7) is 0. The standard InChI is InChI=1S/C8H5ClF3N3O2S2/c9-5-1-2-7(18-5)19(16,17)15-6-3-4(13-14-6)8(10,11)12/h1-3H,(H2,13,14,15). The summed E-state index contributed by atoms with van der Waals surface area (Å²) >= 11 is 6.37. The van der Waals surface area contributed by atoms with Crippen LogP contribution in [0.4, 0.5) is 19.0 Å². The maximum Gasteiger partial charge on any atom is 0.432 e. The third-order valence-corrected chi connectivity index (χ3v) is 5.01. The van der Waals surface area contributed by atoms with Gasteiger partial charge in [-0.25, -0.2) is 8.42 Å². The number of halogens is 4. The second-order valence-electron chi connectivity index (χ2n) is 3.33. The van der Waals surface area contributed by atoms with Crippen molar-refractivity contribution in [3.63, 3.8) is 0 Å². The molecule has 0 unspecified atom stereocenters. The summed E-state index contributed by atoms with van der Waals surface area (Å²) in [6, 6.07) is 3.17. The number of alkyl halides is 3. The highest BCUT2D eigenvalue weighted by Crippen LogP contribution is 2.30. The van der Waals surface area contributed by atoms with Gasteiger partial charge in [-0.3, -0.25) is 9.82 Å². The fourth-order valence-electron chi connectivity index (χ4n) is 1.15. The predicted octanol–water partition coefficient (Wildman–Crippen LogP) is 2.94. The molecule has 0 aliphatic carbocycles. The molecule has 0 saturated heterocycles. The molecular formula is C8H5ClF3N3O2S2. The number of thiophene rings is 1. The number of H-pyrrole nitrogens is 1. The summed E-state index contributed by atoms with van der Waals surface area (Å²) in [5, 5.41) is 4.94. The lowest BCUT2D eigenvalue weighted by Crippen LogP contribution is -2.11. The van der Waals surface area contributed by atoms with Crippen LogP contribution in [0.3, 0.4) is 0 Å². The smallest absolute Gasteiger partial charge is 0.271 e. The lowest BCUT2D eigenvalue weighted by molar-refractivity contribution is -0.141. The number of sulfonamides is 1. The van der Waals surface area contributed by atoms with E-state index in [-0.39, 0.29) is 8.55 Å². The molecule has 0 spiro atoms. The monoisotopic (exact) mass is 331 g/mol. The fraction of sp³-hybridized carbons (Fsp3) is 0.125. The number of aromatic nitrogens is 2. The zero-order chi connectivity index (χ0) is 14.3. The van der Waals surface area contributed by atoms with Crippen LogP contribution >= 0.6 is 22.9 Å². The van der Waals surface area contributed by atoms with Crippen molar-refractivity contribution < 1.29 is 21.6 Å². The molecule has 0 aliphatic heterocycles. The molecule has 0 saturated carbocycles. The van der Waals surface area contributed by atoms with E-state index < -0.39 is 27.7 Å². The number of rotatable bonds is 3. The minimum atomic E-state index is -4.62. The molecule has 5 nitrogen and oxygen atoms in total. The average molecular weight is 332 g/mol. The first-order valence-corrected chi connectivity index (χ1v) is 7.27. The van der Waals surface area contributed by atoms with E-state index in [2.05, 4.69) is 5.10 Å². The summed E-state index contributed by atoms with van der Waals surface area (Å²) in [5.74, 6) is -0.447. The first-order valence-electron chi connectivity index (χ1n) is 4.59. The van der Waals surface area contributed by atoms with Crippen molar-refractivity contribution >= 4 is 38.8 Å². The lowest BCUT2D eigenvalue weighted by atomic mass is 10.4. The number of aromatic amines is 1. The van der Waals surface area contributed by atoms with Gasteiger partial charge in [0.25, 0.3) is 10.0 Å². The third kappa shape index (κ3) is 3.19. The quantitative estimate of drug-likeness (QED) is 0.908. The van der Waals surface area contributed by atoms with Crippen LogP contribution in [-0.2, 0) is 16.2 Å². The molecule has 0 radical (unpaired) electrons. The number of hydrogen-bond acceptors (Lipinski definition) is 4. The van der Waals surface area contributed by atoms with Crippen molar-refractivity contribution in [3.8, 4) is 0 Å². The number of nitrogens with zero attached hydrogens (tertiary/aromatic N) is 1. The highest BCUT2D eigenvalue weighted by atomic mass is 35.5. The van der Waals surface area contributed by atoms with Crippen molar-refractivity contribution in [2.45, 2.75) is 10.4 Å². The molecule has 2 rings (SSSR count). The van der Waals surface area contributed by atoms with Crippen LogP contribution in [0, 0.1) is 0 Å². The Kier molecular flexibility index (Phi) is 3.49. The van der Waals surface area contributed by atoms with E-state index >= 15 is 0 Å². The third-order valence-electron chi connectivity index (χ3n) is 1.94. The minimum Gasteiger partial charge on any atom is -0.271 e. The molecule has 2 heterocycles. The normalized spacial score (nSPS) is 12.6. The van der Waals surface area contributed by atoms with Gasteiger partial charge in [-0.05, 0) is 12.1 Å². The molecular weight excluding hydrogens is 327 g/mol. The second kappa shape index (κ2) is 4.69. The van der Waals surface area contributed by atoms with E-state index in [1.807, 2.05) is 4.72 Å². The Bertz CT molecular complexity index is 692. The zero-order valence-electron chi connectivity index (χ0n) is 8.82. The van der Waals surface area contributed by atoms with Crippen LogP contribution in [0.5, 0.6) is 0 Å². The van der Waals surface area contributed by atoms with Crippen LogP contribution in [-0.4, -0.2) is 18.6 Å². The van der Waals surface area contributed by atoms with Crippen LogP contribution in [0.1, 0.15) is 5.69 Å². The molecule has 0 amide bonds. The maximum absolute atomic E-state index is 12.3. The number of nitrogens with one attached hydrogen (secondary N) is 2. The van der Waals surface area contributed by atoms with Gasteiger partial charge < -0.3 is 0 Å². The van der Waals surface area contributed by atoms with Gasteiger partial charge in [0.05, 0.1) is 4.34 Å². The Morgan fingerprint density at radius 3 is 2.53 bits per heavy atom. The molecule has 19 heavy (non-hydrogen) atoms. The van der Waals surface area contributed by atoms with Gasteiger partial charge in [-0.15, -0.1) is 11.3 Å². The number of hydrogen-bond donors (Lipinski definition) is 2. The van der Waals surface area contributed by atoms with Crippen molar-refractivity contribution in [3.05, 3.63) is 28.2 Å². The van der Waals surface area contributed by atoms with Crippen LogP contribution in [0.25, 0.3) is 0 Å². The average Bonchev–Trinajstić information content (AvgIpc) is 2.85. The molecule has 0 bridgehead atoms. The Morgan fingerprint density at radius 2 is 2.05 bits per heavy atom. The molecule has 0 atom stereocenters. The zero-order valence-corrected chi connectivity index (χ0v) is 11.2. The predicted molar refractivity (Wildman–Crippen MR) is 63.7 cm³/mol. The Morgan fingerprint density at radius 1 is 1.37 bits per heavy atom. The van der Waals surface area contributed by atoms with Crippen LogP contribution in [0.2, 0.25) is 4.34 Å². The van der Waals surface area contributed by atoms with E-state index in [9.17, 15) is 21.6 Å². The summed E-state index contributed by atoms with van der Waals surface area (Å²) in [7, 11) is -3.99. The van der Waals surface area contributed by atoms with Gasteiger partial charge in [-0.2, -0.15) is 18.3 Å². The van der Waals surface area contributed by atoms with Crippen molar-refractivity contribution in [2.24, 2.45) is 0 Å². The fourth-order valence-corrected chi connectivity index (χ4v) is 3.62. The van der Waals surface area contributed by atoms with Gasteiger partial charge in [0.2, 0.25) is 0 Å². The topological polar surface area (TPSA) is 74.8 Å². The minimum absolute atomic E-state index is 0.117. The second-order valence-corrected chi connectivity index (χ2v) is 6.95. The summed E-state index contributed by atoms with van der Waals surface area (Å²) in [4.78, 5) is 0. The van der Waals surface area contributed by atoms with Gasteiger partial charge >= 0.3 is 6.18 Å². The van der Waals surface area contributed by atoms with Gasteiger partial charge in [-0.1, -0.05) is 11.6 Å². The highest BCUT2D eigenvalue weighted by Gasteiger charge is 2.33. The van der Waals surface area contributed by atoms with Crippen molar-refractivity contribution in [1.29, 1.82) is 0 Å². The molecule has 2 aromatic heterocycles. The summed E-state index contributed by atoms with van der Waals surface area (Å²) in [6.07, 6.45) is -4.62. The first kappa shape index (κ1) is 14.2. The molecule has 0 fully saturated rings. The molecule has 104 valence electrons. The van der Waals surface area contributed by atoms with E-state index in [1.165, 1.54) is 12.1 Å². The van der Waals surface area contributed by atoms with E-state index in [0.29, 0.717) is 6.07 Å². The van der Waals surface area contributed by atoms with Crippen LogP contribution in [0.15, 0.2) is 22.4 Å². The molecule has 0 aliphatic rings. The molecule has 0 aromatic carbocycles.